The molecule has 0 radical (unpaired) electrons. The standard InChI is InChI=1S/C23H14ClN3O7S/c24-17-7-3-1-6-15(17)13-25-22(28)21(35-23(25)29)11-14-5-2-4-8-19(14)34-20-10-9-16(26(30)31)12-18(20)27(32)33/h1-12H,13H2/b21-11-. The van der Waals surface area contributed by atoms with Crippen LogP contribution in [0.2, 0.25) is 5.02 Å². The van der Waals surface area contributed by atoms with E-state index in [9.17, 15) is 29.8 Å². The largest absolute Gasteiger partial charge is 0.449 e. The van der Waals surface area contributed by atoms with Gasteiger partial charge in [-0.15, -0.1) is 0 Å². The number of amides is 2. The average molecular weight is 512 g/mol. The Labute approximate surface area is 207 Å². The van der Waals surface area contributed by atoms with Gasteiger partial charge in [-0.3, -0.25) is 34.7 Å². The van der Waals surface area contributed by atoms with Gasteiger partial charge in [0.1, 0.15) is 5.75 Å². The number of carbonyl (C=O) groups excluding carboxylic acids is 2. The van der Waals surface area contributed by atoms with Crippen LogP contribution in [0.15, 0.2) is 71.6 Å². The number of hydrogen-bond donors (Lipinski definition) is 0. The van der Waals surface area contributed by atoms with Gasteiger partial charge in [0.25, 0.3) is 16.8 Å². The van der Waals surface area contributed by atoms with Crippen molar-refractivity contribution in [1.29, 1.82) is 0 Å². The molecule has 2 amide bonds. The van der Waals surface area contributed by atoms with Crippen molar-refractivity contribution in [3.8, 4) is 11.5 Å². The zero-order valence-electron chi connectivity index (χ0n) is 17.6. The van der Waals surface area contributed by atoms with E-state index in [2.05, 4.69) is 0 Å². The SMILES string of the molecule is O=C1S/C(=C\c2ccccc2Oc2ccc([N+](=O)[O-])cc2[N+](=O)[O-])C(=O)N1Cc1ccccc1Cl. The molecule has 10 nitrogen and oxygen atoms in total. The predicted octanol–water partition coefficient (Wildman–Crippen LogP) is 6.19. The van der Waals surface area contributed by atoms with Gasteiger partial charge in [0.05, 0.1) is 27.4 Å². The van der Waals surface area contributed by atoms with Gasteiger partial charge in [0.15, 0.2) is 0 Å². The van der Waals surface area contributed by atoms with Crippen LogP contribution in [0.5, 0.6) is 11.5 Å². The Bertz CT molecular complexity index is 1410. The number of nitrogens with zero attached hydrogens (tertiary/aromatic N) is 3. The summed E-state index contributed by atoms with van der Waals surface area (Å²) in [4.78, 5) is 47.5. The van der Waals surface area contributed by atoms with Crippen LogP contribution in [-0.2, 0) is 11.3 Å². The van der Waals surface area contributed by atoms with Gasteiger partial charge >= 0.3 is 5.69 Å². The summed E-state index contributed by atoms with van der Waals surface area (Å²) in [5, 5.41) is 22.4. The molecule has 0 aliphatic carbocycles. The molecule has 176 valence electrons. The third-order valence-corrected chi connectivity index (χ3v) is 6.21. The Morgan fingerprint density at radius 1 is 0.943 bits per heavy atom. The number of para-hydroxylation sites is 1. The molecular weight excluding hydrogens is 498 g/mol. The van der Waals surface area contributed by atoms with E-state index in [-0.39, 0.29) is 22.9 Å². The number of nitro benzene ring substituents is 2. The topological polar surface area (TPSA) is 133 Å². The maximum atomic E-state index is 12.9. The van der Waals surface area contributed by atoms with Crippen LogP contribution in [0, 0.1) is 20.2 Å². The molecule has 0 bridgehead atoms. The number of imide groups is 1. The number of halogens is 1. The molecule has 0 atom stereocenters. The number of non-ortho nitro benzene ring substituents is 1. The second-order valence-electron chi connectivity index (χ2n) is 7.17. The summed E-state index contributed by atoms with van der Waals surface area (Å²) in [6, 6.07) is 16.3. The maximum Gasteiger partial charge on any atom is 0.318 e. The Morgan fingerprint density at radius 2 is 1.66 bits per heavy atom. The van der Waals surface area contributed by atoms with E-state index in [1.54, 1.807) is 42.5 Å². The van der Waals surface area contributed by atoms with E-state index in [1.807, 2.05) is 0 Å². The Morgan fingerprint density at radius 3 is 2.37 bits per heavy atom. The zero-order valence-corrected chi connectivity index (χ0v) is 19.2. The molecule has 0 N–H and O–H groups in total. The number of rotatable bonds is 7. The fourth-order valence-corrected chi connectivity index (χ4v) is 4.26. The minimum absolute atomic E-state index is 0.00875. The van der Waals surface area contributed by atoms with Gasteiger partial charge in [0, 0.05) is 16.7 Å². The van der Waals surface area contributed by atoms with E-state index in [1.165, 1.54) is 12.1 Å². The highest BCUT2D eigenvalue weighted by Gasteiger charge is 2.35. The molecule has 0 unspecified atom stereocenters. The lowest BCUT2D eigenvalue weighted by molar-refractivity contribution is -0.394. The second kappa shape index (κ2) is 9.95. The van der Waals surface area contributed by atoms with Crippen molar-refractivity contribution in [1.82, 2.24) is 4.90 Å². The van der Waals surface area contributed by atoms with E-state index >= 15 is 0 Å². The van der Waals surface area contributed by atoms with Crippen LogP contribution >= 0.6 is 23.4 Å². The molecule has 0 aromatic heterocycles. The summed E-state index contributed by atoms with van der Waals surface area (Å²) in [7, 11) is 0. The zero-order chi connectivity index (χ0) is 25.1. The highest BCUT2D eigenvalue weighted by Crippen LogP contribution is 2.38. The number of thioether (sulfide) groups is 1. The first-order valence-electron chi connectivity index (χ1n) is 9.93. The Kier molecular flexibility index (Phi) is 6.80. The van der Waals surface area contributed by atoms with Crippen molar-refractivity contribution in [3.63, 3.8) is 0 Å². The molecule has 1 aliphatic rings. The van der Waals surface area contributed by atoms with Crippen LogP contribution in [0.25, 0.3) is 6.08 Å². The van der Waals surface area contributed by atoms with Crippen LogP contribution in [-0.4, -0.2) is 25.9 Å². The molecular formula is C23H14ClN3O7S. The van der Waals surface area contributed by atoms with Crippen molar-refractivity contribution < 1.29 is 24.2 Å². The quantitative estimate of drug-likeness (QED) is 0.208. The van der Waals surface area contributed by atoms with Crippen molar-refractivity contribution in [3.05, 3.63) is 108 Å². The van der Waals surface area contributed by atoms with Gasteiger partial charge in [0.2, 0.25) is 5.75 Å². The number of hydrogen-bond acceptors (Lipinski definition) is 8. The molecule has 12 heteroatoms. The molecule has 0 spiro atoms. The normalized spacial score (nSPS) is 14.4. The van der Waals surface area contributed by atoms with Crippen molar-refractivity contribution in [2.24, 2.45) is 0 Å². The van der Waals surface area contributed by atoms with Crippen molar-refractivity contribution in [2.45, 2.75) is 6.54 Å². The van der Waals surface area contributed by atoms with Crippen molar-refractivity contribution >= 4 is 52.0 Å². The molecule has 3 aromatic carbocycles. The third kappa shape index (κ3) is 5.15. The van der Waals surface area contributed by atoms with Crippen LogP contribution < -0.4 is 4.74 Å². The van der Waals surface area contributed by atoms with Gasteiger partial charge in [-0.05, 0) is 41.6 Å². The second-order valence-corrected chi connectivity index (χ2v) is 8.57. The fourth-order valence-electron chi connectivity index (χ4n) is 3.23. The third-order valence-electron chi connectivity index (χ3n) is 4.94. The summed E-state index contributed by atoms with van der Waals surface area (Å²) in [6.45, 7) is 0.00875. The first kappa shape index (κ1) is 23.9. The summed E-state index contributed by atoms with van der Waals surface area (Å²) in [6.07, 6.45) is 1.45. The summed E-state index contributed by atoms with van der Waals surface area (Å²) < 4.78 is 5.70. The maximum absolute atomic E-state index is 12.9. The monoisotopic (exact) mass is 511 g/mol. The lowest BCUT2D eigenvalue weighted by Gasteiger charge is -2.13. The van der Waals surface area contributed by atoms with Gasteiger partial charge < -0.3 is 4.74 Å². The molecule has 1 aliphatic heterocycles. The molecule has 0 saturated carbocycles. The minimum Gasteiger partial charge on any atom is -0.449 e. The molecule has 1 saturated heterocycles. The average Bonchev–Trinajstić information content (AvgIpc) is 3.09. The number of ether oxygens (including phenoxy) is 1. The lowest BCUT2D eigenvalue weighted by atomic mass is 10.1. The van der Waals surface area contributed by atoms with E-state index in [4.69, 9.17) is 16.3 Å². The number of nitro groups is 2. The molecule has 1 fully saturated rings. The number of carbonyl (C=O) groups is 2. The molecule has 3 aromatic rings. The van der Waals surface area contributed by atoms with Crippen LogP contribution in [0.1, 0.15) is 11.1 Å². The fraction of sp³-hybridized carbons (Fsp3) is 0.0435. The first-order valence-corrected chi connectivity index (χ1v) is 11.1. The van der Waals surface area contributed by atoms with E-state index in [0.29, 0.717) is 16.1 Å². The van der Waals surface area contributed by atoms with Crippen LogP contribution in [0.4, 0.5) is 16.2 Å². The molecule has 4 rings (SSSR count). The smallest absolute Gasteiger partial charge is 0.318 e. The summed E-state index contributed by atoms with van der Waals surface area (Å²) >= 11 is 6.90. The van der Waals surface area contributed by atoms with Crippen LogP contribution in [0.3, 0.4) is 0 Å². The van der Waals surface area contributed by atoms with Crippen molar-refractivity contribution in [2.75, 3.05) is 0 Å². The molecule has 35 heavy (non-hydrogen) atoms. The van der Waals surface area contributed by atoms with E-state index in [0.717, 1.165) is 34.9 Å². The minimum atomic E-state index is -0.787. The first-order chi connectivity index (χ1) is 16.7. The Balaban J connectivity index is 1.63. The van der Waals surface area contributed by atoms with Gasteiger partial charge in [-0.2, -0.15) is 0 Å². The Hall–Kier alpha value is -4.22. The summed E-state index contributed by atoms with van der Waals surface area (Å²) in [5.74, 6) is -0.577. The lowest BCUT2D eigenvalue weighted by Crippen LogP contribution is -2.27. The highest BCUT2D eigenvalue weighted by molar-refractivity contribution is 8.18. The predicted molar refractivity (Wildman–Crippen MR) is 129 cm³/mol. The van der Waals surface area contributed by atoms with Gasteiger partial charge in [-0.25, -0.2) is 0 Å². The summed E-state index contributed by atoms with van der Waals surface area (Å²) in [5.41, 5.74) is -0.0473. The molecule has 1 heterocycles. The van der Waals surface area contributed by atoms with E-state index < -0.39 is 32.4 Å². The highest BCUT2D eigenvalue weighted by atomic mass is 35.5. The van der Waals surface area contributed by atoms with Gasteiger partial charge in [-0.1, -0.05) is 48.0 Å². The number of benzene rings is 3.